The molecular formula is C12H23N5. The summed E-state index contributed by atoms with van der Waals surface area (Å²) in [7, 11) is 1.92. The van der Waals surface area contributed by atoms with Crippen LogP contribution in [0.25, 0.3) is 0 Å². The summed E-state index contributed by atoms with van der Waals surface area (Å²) in [5, 5.41) is 7.26. The summed E-state index contributed by atoms with van der Waals surface area (Å²) < 4.78 is 1.81. The van der Waals surface area contributed by atoms with Crippen molar-refractivity contribution in [3.05, 3.63) is 18.0 Å². The molecule has 0 spiro atoms. The van der Waals surface area contributed by atoms with E-state index in [2.05, 4.69) is 36.2 Å². The molecule has 0 radical (unpaired) electrons. The van der Waals surface area contributed by atoms with Crippen molar-refractivity contribution in [1.29, 1.82) is 0 Å². The molecule has 0 aromatic carbocycles. The molecule has 1 aromatic rings. The summed E-state index contributed by atoms with van der Waals surface area (Å²) in [6.45, 7) is 6.92. The van der Waals surface area contributed by atoms with E-state index in [0.29, 0.717) is 5.96 Å². The monoisotopic (exact) mass is 237 g/mol. The normalized spacial score (nSPS) is 12.8. The minimum Gasteiger partial charge on any atom is -0.370 e. The molecule has 0 aliphatic heterocycles. The second-order valence-electron chi connectivity index (χ2n) is 5.27. The first-order valence-corrected chi connectivity index (χ1v) is 5.92. The Hall–Kier alpha value is -1.52. The highest BCUT2D eigenvalue weighted by molar-refractivity contribution is 5.78. The molecule has 1 aromatic heterocycles. The standard InChI is InChI=1S/C12H23N5/c1-12(2,3)16-11(13)14-7-5-6-10-8-15-17(4)9-10/h8-9H,5-7H2,1-4H3,(H3,13,14,16). The number of nitrogens with two attached hydrogens (primary N) is 1. The molecule has 0 aliphatic rings. The molecule has 3 N–H and O–H groups in total. The third-order valence-electron chi connectivity index (χ3n) is 2.17. The molecule has 1 heterocycles. The van der Waals surface area contributed by atoms with E-state index in [1.54, 1.807) is 0 Å². The summed E-state index contributed by atoms with van der Waals surface area (Å²) in [4.78, 5) is 4.29. The molecule has 0 saturated carbocycles. The predicted octanol–water partition coefficient (Wildman–Crippen LogP) is 1.06. The zero-order chi connectivity index (χ0) is 12.9. The minimum absolute atomic E-state index is 0.0308. The number of rotatable bonds is 4. The highest BCUT2D eigenvalue weighted by Crippen LogP contribution is 2.01. The van der Waals surface area contributed by atoms with Crippen LogP contribution in [-0.2, 0) is 13.5 Å². The van der Waals surface area contributed by atoms with Gasteiger partial charge in [0.25, 0.3) is 0 Å². The van der Waals surface area contributed by atoms with E-state index >= 15 is 0 Å². The van der Waals surface area contributed by atoms with Gasteiger partial charge in [-0.05, 0) is 39.2 Å². The maximum absolute atomic E-state index is 5.77. The van der Waals surface area contributed by atoms with Gasteiger partial charge in [-0.2, -0.15) is 5.10 Å². The van der Waals surface area contributed by atoms with Crippen molar-refractivity contribution >= 4 is 5.96 Å². The Bertz CT molecular complexity index is 372. The molecule has 0 bridgehead atoms. The second kappa shape index (κ2) is 5.70. The van der Waals surface area contributed by atoms with E-state index in [9.17, 15) is 0 Å². The van der Waals surface area contributed by atoms with Crippen molar-refractivity contribution in [3.63, 3.8) is 0 Å². The van der Waals surface area contributed by atoms with Gasteiger partial charge in [0.1, 0.15) is 0 Å². The number of hydrogen-bond acceptors (Lipinski definition) is 2. The summed E-state index contributed by atoms with van der Waals surface area (Å²) >= 11 is 0. The fourth-order valence-electron chi connectivity index (χ4n) is 1.51. The molecule has 0 amide bonds. The van der Waals surface area contributed by atoms with Crippen molar-refractivity contribution in [2.24, 2.45) is 17.8 Å². The number of guanidine groups is 1. The summed E-state index contributed by atoms with van der Waals surface area (Å²) in [6.07, 6.45) is 5.89. The lowest BCUT2D eigenvalue weighted by Crippen LogP contribution is -2.45. The highest BCUT2D eigenvalue weighted by atomic mass is 15.2. The quantitative estimate of drug-likeness (QED) is 0.467. The Morgan fingerprint density at radius 2 is 2.24 bits per heavy atom. The van der Waals surface area contributed by atoms with E-state index in [4.69, 9.17) is 5.73 Å². The van der Waals surface area contributed by atoms with Gasteiger partial charge in [0, 0.05) is 25.3 Å². The lowest BCUT2D eigenvalue weighted by atomic mass is 10.1. The number of aromatic nitrogens is 2. The average molecular weight is 237 g/mol. The molecule has 17 heavy (non-hydrogen) atoms. The van der Waals surface area contributed by atoms with Crippen LogP contribution in [0.5, 0.6) is 0 Å². The van der Waals surface area contributed by atoms with E-state index in [1.807, 2.05) is 24.1 Å². The lowest BCUT2D eigenvalue weighted by molar-refractivity contribution is 0.508. The van der Waals surface area contributed by atoms with Crippen LogP contribution >= 0.6 is 0 Å². The molecule has 1 rings (SSSR count). The van der Waals surface area contributed by atoms with Gasteiger partial charge in [-0.3, -0.25) is 9.67 Å². The van der Waals surface area contributed by atoms with E-state index in [1.165, 1.54) is 5.56 Å². The van der Waals surface area contributed by atoms with Gasteiger partial charge in [0.2, 0.25) is 0 Å². The van der Waals surface area contributed by atoms with Gasteiger partial charge in [0.15, 0.2) is 5.96 Å². The molecular weight excluding hydrogens is 214 g/mol. The van der Waals surface area contributed by atoms with E-state index in [-0.39, 0.29) is 5.54 Å². The van der Waals surface area contributed by atoms with Gasteiger partial charge in [0.05, 0.1) is 6.20 Å². The van der Waals surface area contributed by atoms with Crippen LogP contribution in [-0.4, -0.2) is 27.8 Å². The van der Waals surface area contributed by atoms with Gasteiger partial charge in [-0.25, -0.2) is 0 Å². The van der Waals surface area contributed by atoms with Crippen LogP contribution in [0.2, 0.25) is 0 Å². The lowest BCUT2D eigenvalue weighted by Gasteiger charge is -2.20. The topological polar surface area (TPSA) is 68.2 Å². The number of hydrogen-bond donors (Lipinski definition) is 2. The predicted molar refractivity (Wildman–Crippen MR) is 70.9 cm³/mol. The number of nitrogens with one attached hydrogen (secondary N) is 1. The fourth-order valence-corrected chi connectivity index (χ4v) is 1.51. The molecule has 0 aliphatic carbocycles. The third-order valence-corrected chi connectivity index (χ3v) is 2.17. The minimum atomic E-state index is -0.0308. The smallest absolute Gasteiger partial charge is 0.188 e. The Labute approximate surface area is 103 Å². The van der Waals surface area contributed by atoms with Gasteiger partial charge in [-0.1, -0.05) is 0 Å². The second-order valence-corrected chi connectivity index (χ2v) is 5.27. The van der Waals surface area contributed by atoms with Crippen LogP contribution in [0.3, 0.4) is 0 Å². The van der Waals surface area contributed by atoms with Crippen molar-refractivity contribution < 1.29 is 0 Å². The fraction of sp³-hybridized carbons (Fsp3) is 0.667. The van der Waals surface area contributed by atoms with Crippen LogP contribution in [0.1, 0.15) is 32.8 Å². The highest BCUT2D eigenvalue weighted by Gasteiger charge is 2.09. The number of aryl methyl sites for hydroxylation is 2. The van der Waals surface area contributed by atoms with Gasteiger partial charge in [-0.15, -0.1) is 0 Å². The maximum Gasteiger partial charge on any atom is 0.188 e. The summed E-state index contributed by atoms with van der Waals surface area (Å²) in [6, 6.07) is 0. The SMILES string of the molecule is Cn1cc(CCCN=C(N)NC(C)(C)C)cn1. The summed E-state index contributed by atoms with van der Waals surface area (Å²) in [5.41, 5.74) is 6.98. The molecule has 5 heteroatoms. The van der Waals surface area contributed by atoms with Crippen LogP contribution in [0.4, 0.5) is 0 Å². The molecule has 5 nitrogen and oxygen atoms in total. The number of aliphatic imine (C=N–C) groups is 1. The molecule has 0 atom stereocenters. The Balaban J connectivity index is 2.25. The first-order chi connectivity index (χ1) is 7.87. The van der Waals surface area contributed by atoms with Crippen LogP contribution in [0, 0.1) is 0 Å². The van der Waals surface area contributed by atoms with E-state index < -0.39 is 0 Å². The van der Waals surface area contributed by atoms with Gasteiger partial charge < -0.3 is 11.1 Å². The Kier molecular flexibility index (Phi) is 4.54. The van der Waals surface area contributed by atoms with Crippen molar-refractivity contribution in [3.8, 4) is 0 Å². The first-order valence-electron chi connectivity index (χ1n) is 5.92. The molecule has 96 valence electrons. The van der Waals surface area contributed by atoms with Crippen molar-refractivity contribution in [2.75, 3.05) is 6.54 Å². The first kappa shape index (κ1) is 13.5. The zero-order valence-electron chi connectivity index (χ0n) is 11.2. The van der Waals surface area contributed by atoms with Crippen molar-refractivity contribution in [2.45, 2.75) is 39.2 Å². The van der Waals surface area contributed by atoms with E-state index in [0.717, 1.165) is 19.4 Å². The Morgan fingerprint density at radius 1 is 1.53 bits per heavy atom. The van der Waals surface area contributed by atoms with Crippen molar-refractivity contribution in [1.82, 2.24) is 15.1 Å². The van der Waals surface area contributed by atoms with Crippen LogP contribution < -0.4 is 11.1 Å². The maximum atomic E-state index is 5.77. The molecule has 0 unspecified atom stereocenters. The molecule has 0 fully saturated rings. The largest absolute Gasteiger partial charge is 0.370 e. The molecule has 0 saturated heterocycles. The van der Waals surface area contributed by atoms with Crippen LogP contribution in [0.15, 0.2) is 17.4 Å². The third kappa shape index (κ3) is 5.94. The average Bonchev–Trinajstić information content (AvgIpc) is 2.56. The van der Waals surface area contributed by atoms with Gasteiger partial charge >= 0.3 is 0 Å². The summed E-state index contributed by atoms with van der Waals surface area (Å²) in [5.74, 6) is 0.517. The number of nitrogens with zero attached hydrogens (tertiary/aromatic N) is 3. The Morgan fingerprint density at radius 3 is 2.76 bits per heavy atom. The zero-order valence-corrected chi connectivity index (χ0v) is 11.2.